The molecule has 0 aliphatic heterocycles. The van der Waals surface area contributed by atoms with Crippen LogP contribution in [0, 0.1) is 6.92 Å². The third-order valence-corrected chi connectivity index (χ3v) is 4.09. The van der Waals surface area contributed by atoms with Crippen molar-refractivity contribution in [2.24, 2.45) is 0 Å². The minimum absolute atomic E-state index is 0.0715. The molecular weight excluding hydrogens is 286 g/mol. The molecule has 0 saturated carbocycles. The van der Waals surface area contributed by atoms with Crippen LogP contribution in [0.25, 0.3) is 0 Å². The number of carbonyl (C=O) groups is 1. The quantitative estimate of drug-likeness (QED) is 0.620. The first kappa shape index (κ1) is 15.7. The van der Waals surface area contributed by atoms with Gasteiger partial charge in [0.15, 0.2) is 0 Å². The van der Waals surface area contributed by atoms with Crippen molar-refractivity contribution in [3.05, 3.63) is 42.0 Å². The fourth-order valence-corrected chi connectivity index (χ4v) is 2.44. The number of aryl methyl sites for hydroxylation is 1. The molecule has 104 valence electrons. The summed E-state index contributed by atoms with van der Waals surface area (Å²) < 4.78 is 22.6. The van der Waals surface area contributed by atoms with E-state index in [1.54, 1.807) is 24.0 Å². The molecule has 0 radical (unpaired) electrons. The van der Waals surface area contributed by atoms with Crippen molar-refractivity contribution in [3.63, 3.8) is 0 Å². The van der Waals surface area contributed by atoms with Crippen LogP contribution < -0.4 is 0 Å². The van der Waals surface area contributed by atoms with Gasteiger partial charge in [-0.1, -0.05) is 12.1 Å². The van der Waals surface area contributed by atoms with Gasteiger partial charge in [-0.2, -0.15) is 0 Å². The number of benzene rings is 1. The van der Waals surface area contributed by atoms with E-state index in [4.69, 9.17) is 10.7 Å². The van der Waals surface area contributed by atoms with Crippen molar-refractivity contribution in [2.45, 2.75) is 18.7 Å². The molecule has 0 aliphatic carbocycles. The average Bonchev–Trinajstić information content (AvgIpc) is 2.34. The maximum Gasteiger partial charge on any atom is 0.261 e. The van der Waals surface area contributed by atoms with E-state index in [1.807, 2.05) is 6.92 Å². The summed E-state index contributed by atoms with van der Waals surface area (Å²) >= 11 is 0. The minimum Gasteiger partial charge on any atom is -0.335 e. The Labute approximate surface area is 118 Å². The maximum atomic E-state index is 12.3. The Morgan fingerprint density at radius 3 is 2.58 bits per heavy atom. The van der Waals surface area contributed by atoms with Crippen molar-refractivity contribution in [2.75, 3.05) is 13.1 Å². The van der Waals surface area contributed by atoms with E-state index in [2.05, 4.69) is 6.58 Å². The number of nitrogens with zero attached hydrogens (tertiary/aromatic N) is 1. The molecule has 0 bridgehead atoms. The predicted molar refractivity (Wildman–Crippen MR) is 76.0 cm³/mol. The van der Waals surface area contributed by atoms with E-state index < -0.39 is 9.05 Å². The Hall–Kier alpha value is -1.33. The van der Waals surface area contributed by atoms with Crippen LogP contribution in [0.3, 0.4) is 0 Å². The third-order valence-electron chi connectivity index (χ3n) is 2.74. The lowest BCUT2D eigenvalue weighted by atomic mass is 10.1. The van der Waals surface area contributed by atoms with Crippen LogP contribution in [-0.2, 0) is 9.05 Å². The molecule has 0 saturated heterocycles. The van der Waals surface area contributed by atoms with Crippen LogP contribution >= 0.6 is 10.7 Å². The van der Waals surface area contributed by atoms with Gasteiger partial charge in [0.2, 0.25) is 0 Å². The maximum absolute atomic E-state index is 12.3. The van der Waals surface area contributed by atoms with Gasteiger partial charge in [0.1, 0.15) is 0 Å². The van der Waals surface area contributed by atoms with Crippen molar-refractivity contribution in [3.8, 4) is 0 Å². The van der Waals surface area contributed by atoms with Crippen LogP contribution in [0.2, 0.25) is 0 Å². The fourth-order valence-electron chi connectivity index (χ4n) is 1.66. The second-order valence-electron chi connectivity index (χ2n) is 4.05. The first-order valence-electron chi connectivity index (χ1n) is 5.76. The molecule has 0 fully saturated rings. The van der Waals surface area contributed by atoms with E-state index in [1.165, 1.54) is 12.1 Å². The molecule has 0 unspecified atom stereocenters. The topological polar surface area (TPSA) is 54.5 Å². The van der Waals surface area contributed by atoms with Crippen molar-refractivity contribution in [1.82, 2.24) is 4.90 Å². The Kier molecular flexibility index (Phi) is 5.14. The lowest BCUT2D eigenvalue weighted by Crippen LogP contribution is -2.31. The second kappa shape index (κ2) is 6.21. The van der Waals surface area contributed by atoms with Crippen molar-refractivity contribution < 1.29 is 13.2 Å². The highest BCUT2D eigenvalue weighted by Crippen LogP contribution is 2.20. The molecule has 4 nitrogen and oxygen atoms in total. The number of hydrogen-bond donors (Lipinski definition) is 0. The van der Waals surface area contributed by atoms with E-state index >= 15 is 0 Å². The molecule has 19 heavy (non-hydrogen) atoms. The summed E-state index contributed by atoms with van der Waals surface area (Å²) in [7, 11) is 1.45. The molecule has 1 amide bonds. The van der Waals surface area contributed by atoms with Gasteiger partial charge in [0.25, 0.3) is 15.0 Å². The summed E-state index contributed by atoms with van der Waals surface area (Å²) in [5, 5.41) is 0. The van der Waals surface area contributed by atoms with Gasteiger partial charge in [0, 0.05) is 29.3 Å². The van der Waals surface area contributed by atoms with Crippen LogP contribution in [0.1, 0.15) is 22.8 Å². The number of amides is 1. The van der Waals surface area contributed by atoms with Crippen LogP contribution in [0.5, 0.6) is 0 Å². The zero-order valence-electron chi connectivity index (χ0n) is 10.9. The van der Waals surface area contributed by atoms with E-state index in [0.29, 0.717) is 24.2 Å². The summed E-state index contributed by atoms with van der Waals surface area (Å²) in [6.07, 6.45) is 1.62. The van der Waals surface area contributed by atoms with Gasteiger partial charge in [-0.15, -0.1) is 6.58 Å². The number of halogens is 1. The highest BCUT2D eigenvalue weighted by atomic mass is 35.7. The van der Waals surface area contributed by atoms with Gasteiger partial charge < -0.3 is 4.90 Å². The molecular formula is C13H16ClNO3S. The number of hydrogen-bond acceptors (Lipinski definition) is 3. The van der Waals surface area contributed by atoms with Gasteiger partial charge in [-0.25, -0.2) is 8.42 Å². The summed E-state index contributed by atoms with van der Waals surface area (Å²) in [5.74, 6) is -0.234. The molecule has 0 heterocycles. The molecule has 1 rings (SSSR count). The minimum atomic E-state index is -3.84. The monoisotopic (exact) mass is 301 g/mol. The van der Waals surface area contributed by atoms with Crippen molar-refractivity contribution in [1.29, 1.82) is 0 Å². The standard InChI is InChI=1S/C13H16ClNO3S/c1-4-8-15(5-2)13(16)12-9-11(19(14,17)18)7-6-10(12)3/h4,6-7,9H,1,5,8H2,2-3H3. The van der Waals surface area contributed by atoms with Gasteiger partial charge >= 0.3 is 0 Å². The highest BCUT2D eigenvalue weighted by Gasteiger charge is 2.19. The fraction of sp³-hybridized carbons (Fsp3) is 0.308. The highest BCUT2D eigenvalue weighted by molar-refractivity contribution is 8.13. The first-order chi connectivity index (χ1) is 8.81. The molecule has 0 atom stereocenters. The third kappa shape index (κ3) is 3.81. The summed E-state index contributed by atoms with van der Waals surface area (Å²) in [4.78, 5) is 13.8. The number of likely N-dealkylation sites (N-methyl/N-ethyl adjacent to an activating group) is 1. The van der Waals surface area contributed by atoms with Gasteiger partial charge in [-0.05, 0) is 31.5 Å². The molecule has 0 spiro atoms. The number of rotatable bonds is 5. The molecule has 1 aromatic rings. The largest absolute Gasteiger partial charge is 0.335 e. The van der Waals surface area contributed by atoms with Gasteiger partial charge in [-0.3, -0.25) is 4.79 Å². The summed E-state index contributed by atoms with van der Waals surface area (Å²) in [6, 6.07) is 4.27. The Bertz CT molecular complexity index is 596. The van der Waals surface area contributed by atoms with Crippen molar-refractivity contribution >= 4 is 25.6 Å². The summed E-state index contributed by atoms with van der Waals surface area (Å²) in [5.41, 5.74) is 1.04. The SMILES string of the molecule is C=CCN(CC)C(=O)c1cc(S(=O)(=O)Cl)ccc1C. The molecule has 0 N–H and O–H groups in total. The Morgan fingerprint density at radius 1 is 1.47 bits per heavy atom. The van der Waals surface area contributed by atoms with Gasteiger partial charge in [0.05, 0.1) is 4.90 Å². The lowest BCUT2D eigenvalue weighted by Gasteiger charge is -2.20. The van der Waals surface area contributed by atoms with Crippen LogP contribution in [-0.4, -0.2) is 32.3 Å². The predicted octanol–water partition coefficient (Wildman–Crippen LogP) is 2.57. The zero-order valence-corrected chi connectivity index (χ0v) is 12.5. The molecule has 6 heteroatoms. The smallest absolute Gasteiger partial charge is 0.261 e. The molecule has 0 aromatic heterocycles. The first-order valence-corrected chi connectivity index (χ1v) is 8.07. The number of carbonyl (C=O) groups excluding carboxylic acids is 1. The molecule has 0 aliphatic rings. The van der Waals surface area contributed by atoms with E-state index in [-0.39, 0.29) is 10.8 Å². The van der Waals surface area contributed by atoms with Crippen LogP contribution in [0.15, 0.2) is 35.7 Å². The van der Waals surface area contributed by atoms with E-state index in [0.717, 1.165) is 0 Å². The molecule has 1 aromatic carbocycles. The Morgan fingerprint density at radius 2 is 2.11 bits per heavy atom. The Balaban J connectivity index is 3.26. The normalized spacial score (nSPS) is 11.1. The second-order valence-corrected chi connectivity index (χ2v) is 6.61. The van der Waals surface area contributed by atoms with E-state index in [9.17, 15) is 13.2 Å². The lowest BCUT2D eigenvalue weighted by molar-refractivity contribution is 0.0781. The van der Waals surface area contributed by atoms with Crippen LogP contribution in [0.4, 0.5) is 0 Å². The summed E-state index contributed by atoms with van der Waals surface area (Å²) in [6.45, 7) is 8.11. The average molecular weight is 302 g/mol. The zero-order chi connectivity index (χ0) is 14.6.